The predicted octanol–water partition coefficient (Wildman–Crippen LogP) is 1.61. The lowest BCUT2D eigenvalue weighted by molar-refractivity contribution is 0.377. The maximum absolute atomic E-state index is 5.21. The van der Waals surface area contributed by atoms with Gasteiger partial charge in [-0.25, -0.2) is 9.97 Å². The van der Waals surface area contributed by atoms with Gasteiger partial charge in [0.05, 0.1) is 12.8 Å². The summed E-state index contributed by atoms with van der Waals surface area (Å²) in [6, 6.07) is 0. The van der Waals surface area contributed by atoms with Crippen LogP contribution in [-0.4, -0.2) is 17.1 Å². The van der Waals surface area contributed by atoms with Crippen molar-refractivity contribution < 1.29 is 4.74 Å². The van der Waals surface area contributed by atoms with Gasteiger partial charge in [-0.05, 0) is 25.2 Å². The fraction of sp³-hybridized carbons (Fsp3) is 0.600. The smallest absolute Gasteiger partial charge is 0.219 e. The van der Waals surface area contributed by atoms with Crippen LogP contribution in [0.15, 0.2) is 6.33 Å². The van der Waals surface area contributed by atoms with Gasteiger partial charge < -0.3 is 4.74 Å². The number of ether oxygens (including phenoxy) is 1. The second-order valence-electron chi connectivity index (χ2n) is 3.66. The molecule has 1 unspecified atom stereocenters. The van der Waals surface area contributed by atoms with Crippen molar-refractivity contribution in [2.75, 3.05) is 7.11 Å². The summed E-state index contributed by atoms with van der Waals surface area (Å²) in [5.41, 5.74) is 2.38. The molecule has 0 amide bonds. The molecule has 1 aromatic rings. The van der Waals surface area contributed by atoms with Crippen molar-refractivity contribution in [2.45, 2.75) is 26.2 Å². The second kappa shape index (κ2) is 3.32. The highest BCUT2D eigenvalue weighted by Gasteiger charge is 2.20. The van der Waals surface area contributed by atoms with E-state index < -0.39 is 0 Å². The number of nitrogens with zero attached hydrogens (tertiary/aromatic N) is 2. The molecule has 2 rings (SSSR count). The van der Waals surface area contributed by atoms with Crippen LogP contribution in [0.2, 0.25) is 0 Å². The first-order valence-electron chi connectivity index (χ1n) is 4.68. The molecule has 0 radical (unpaired) electrons. The van der Waals surface area contributed by atoms with Crippen molar-refractivity contribution in [2.24, 2.45) is 5.92 Å². The Morgan fingerprint density at radius 1 is 1.46 bits per heavy atom. The zero-order valence-corrected chi connectivity index (χ0v) is 8.08. The Kier molecular flexibility index (Phi) is 2.17. The molecule has 0 spiro atoms. The minimum absolute atomic E-state index is 0.729. The van der Waals surface area contributed by atoms with E-state index in [2.05, 4.69) is 16.9 Å². The van der Waals surface area contributed by atoms with Gasteiger partial charge in [-0.3, -0.25) is 0 Å². The van der Waals surface area contributed by atoms with E-state index in [4.69, 9.17) is 4.74 Å². The van der Waals surface area contributed by atoms with E-state index in [0.29, 0.717) is 0 Å². The summed E-state index contributed by atoms with van der Waals surface area (Å²) < 4.78 is 5.21. The lowest BCUT2D eigenvalue weighted by Gasteiger charge is -2.21. The average Bonchev–Trinajstić information content (AvgIpc) is 2.17. The molecule has 0 fully saturated rings. The lowest BCUT2D eigenvalue weighted by Crippen LogP contribution is -2.14. The van der Waals surface area contributed by atoms with Crippen molar-refractivity contribution in [3.05, 3.63) is 17.6 Å². The normalized spacial score (nSPS) is 20.9. The van der Waals surface area contributed by atoms with E-state index in [-0.39, 0.29) is 0 Å². The summed E-state index contributed by atoms with van der Waals surface area (Å²) in [4.78, 5) is 8.38. The SMILES string of the molecule is COc1ncnc2c1CC(C)CC2. The van der Waals surface area contributed by atoms with E-state index in [1.165, 1.54) is 17.7 Å². The highest BCUT2D eigenvalue weighted by atomic mass is 16.5. The van der Waals surface area contributed by atoms with Crippen molar-refractivity contribution in [1.82, 2.24) is 9.97 Å². The Bertz CT molecular complexity index is 298. The topological polar surface area (TPSA) is 35.0 Å². The average molecular weight is 178 g/mol. The van der Waals surface area contributed by atoms with Crippen molar-refractivity contribution in [1.29, 1.82) is 0 Å². The molecule has 1 aliphatic rings. The molecule has 3 heteroatoms. The molecule has 0 saturated carbocycles. The van der Waals surface area contributed by atoms with Gasteiger partial charge in [-0.2, -0.15) is 0 Å². The highest BCUT2D eigenvalue weighted by Crippen LogP contribution is 2.28. The molecule has 0 bridgehead atoms. The number of methoxy groups -OCH3 is 1. The van der Waals surface area contributed by atoms with E-state index in [1.54, 1.807) is 13.4 Å². The molecule has 0 aliphatic heterocycles. The van der Waals surface area contributed by atoms with Gasteiger partial charge in [0.25, 0.3) is 0 Å². The Morgan fingerprint density at radius 2 is 2.31 bits per heavy atom. The third-order valence-corrected chi connectivity index (χ3v) is 2.61. The Labute approximate surface area is 78.2 Å². The fourth-order valence-corrected chi connectivity index (χ4v) is 1.86. The van der Waals surface area contributed by atoms with Gasteiger partial charge in [0, 0.05) is 5.56 Å². The molecule has 1 aliphatic carbocycles. The van der Waals surface area contributed by atoms with E-state index in [1.807, 2.05) is 0 Å². The second-order valence-corrected chi connectivity index (χ2v) is 3.66. The number of hydrogen-bond donors (Lipinski definition) is 0. The van der Waals surface area contributed by atoms with Crippen molar-refractivity contribution in [3.63, 3.8) is 0 Å². The summed E-state index contributed by atoms with van der Waals surface area (Å²) in [6.45, 7) is 2.26. The van der Waals surface area contributed by atoms with Crippen LogP contribution < -0.4 is 4.74 Å². The Balaban J connectivity index is 2.41. The maximum Gasteiger partial charge on any atom is 0.219 e. The molecular weight excluding hydrogens is 164 g/mol. The summed E-state index contributed by atoms with van der Waals surface area (Å²) in [5.74, 6) is 1.49. The molecule has 1 atom stereocenters. The van der Waals surface area contributed by atoms with Gasteiger partial charge in [0.2, 0.25) is 5.88 Å². The van der Waals surface area contributed by atoms with Crippen LogP contribution in [0.25, 0.3) is 0 Å². The zero-order chi connectivity index (χ0) is 9.26. The van der Waals surface area contributed by atoms with E-state index in [9.17, 15) is 0 Å². The van der Waals surface area contributed by atoms with Crippen molar-refractivity contribution in [3.8, 4) is 5.88 Å². The Hall–Kier alpha value is -1.12. The van der Waals surface area contributed by atoms with Crippen LogP contribution in [0, 0.1) is 5.92 Å². The lowest BCUT2D eigenvalue weighted by atomic mass is 9.88. The summed E-state index contributed by atoms with van der Waals surface area (Å²) >= 11 is 0. The summed E-state index contributed by atoms with van der Waals surface area (Å²) in [6.07, 6.45) is 4.94. The number of rotatable bonds is 1. The van der Waals surface area contributed by atoms with Crippen LogP contribution >= 0.6 is 0 Å². The quantitative estimate of drug-likeness (QED) is 0.655. The van der Waals surface area contributed by atoms with Crippen LogP contribution in [0.3, 0.4) is 0 Å². The van der Waals surface area contributed by atoms with Crippen LogP contribution in [0.1, 0.15) is 24.6 Å². The van der Waals surface area contributed by atoms with Crippen LogP contribution in [0.4, 0.5) is 0 Å². The van der Waals surface area contributed by atoms with Crippen LogP contribution in [0.5, 0.6) is 5.88 Å². The number of aryl methyl sites for hydroxylation is 1. The molecule has 13 heavy (non-hydrogen) atoms. The van der Waals surface area contributed by atoms with Crippen molar-refractivity contribution >= 4 is 0 Å². The minimum Gasteiger partial charge on any atom is -0.481 e. The highest BCUT2D eigenvalue weighted by molar-refractivity contribution is 5.31. The number of hydrogen-bond acceptors (Lipinski definition) is 3. The van der Waals surface area contributed by atoms with E-state index in [0.717, 1.165) is 24.6 Å². The van der Waals surface area contributed by atoms with Gasteiger partial charge in [-0.15, -0.1) is 0 Å². The standard InChI is InChI=1S/C10H14N2O/c1-7-3-4-9-8(5-7)10(13-2)12-6-11-9/h6-7H,3-5H2,1-2H3. The number of fused-ring (bicyclic) bond motifs is 1. The van der Waals surface area contributed by atoms with Gasteiger partial charge in [0.1, 0.15) is 6.33 Å². The van der Waals surface area contributed by atoms with Gasteiger partial charge in [0.15, 0.2) is 0 Å². The largest absolute Gasteiger partial charge is 0.481 e. The molecule has 3 nitrogen and oxygen atoms in total. The summed E-state index contributed by atoms with van der Waals surface area (Å²) in [7, 11) is 1.67. The minimum atomic E-state index is 0.729. The molecule has 0 aromatic carbocycles. The first kappa shape index (κ1) is 8.48. The third-order valence-electron chi connectivity index (χ3n) is 2.61. The fourth-order valence-electron chi connectivity index (χ4n) is 1.86. The third kappa shape index (κ3) is 1.50. The van der Waals surface area contributed by atoms with Gasteiger partial charge >= 0.3 is 0 Å². The maximum atomic E-state index is 5.21. The number of aromatic nitrogens is 2. The molecular formula is C10H14N2O. The van der Waals surface area contributed by atoms with E-state index >= 15 is 0 Å². The summed E-state index contributed by atoms with van der Waals surface area (Å²) in [5, 5.41) is 0. The zero-order valence-electron chi connectivity index (χ0n) is 8.08. The van der Waals surface area contributed by atoms with Crippen LogP contribution in [-0.2, 0) is 12.8 Å². The molecule has 1 heterocycles. The predicted molar refractivity (Wildman–Crippen MR) is 49.8 cm³/mol. The molecule has 1 aromatic heterocycles. The molecule has 0 N–H and O–H groups in total. The first-order valence-corrected chi connectivity index (χ1v) is 4.68. The first-order chi connectivity index (χ1) is 6.31. The monoisotopic (exact) mass is 178 g/mol. The Morgan fingerprint density at radius 3 is 3.08 bits per heavy atom. The molecule has 70 valence electrons. The van der Waals surface area contributed by atoms with Gasteiger partial charge in [-0.1, -0.05) is 6.92 Å². The molecule has 0 saturated heterocycles.